The zero-order valence-corrected chi connectivity index (χ0v) is 13.0. The van der Waals surface area contributed by atoms with Gasteiger partial charge in [0, 0.05) is 29.4 Å². The standard InChI is InChI=1S/C17H21ClN2/c1-4-13-8-9-14(20-11-13)10-16(19-3)15-7-5-6-12(2)17(15)18/h5-9,11,16,19H,4,10H2,1-3H3. The smallest absolute Gasteiger partial charge is 0.0483 e. The highest BCUT2D eigenvalue weighted by atomic mass is 35.5. The van der Waals surface area contributed by atoms with Crippen molar-refractivity contribution in [1.82, 2.24) is 10.3 Å². The number of halogens is 1. The summed E-state index contributed by atoms with van der Waals surface area (Å²) < 4.78 is 0. The van der Waals surface area contributed by atoms with Crippen molar-refractivity contribution in [3.8, 4) is 0 Å². The van der Waals surface area contributed by atoms with Crippen LogP contribution in [0.4, 0.5) is 0 Å². The van der Waals surface area contributed by atoms with Crippen molar-refractivity contribution < 1.29 is 0 Å². The van der Waals surface area contributed by atoms with E-state index in [1.54, 1.807) is 0 Å². The highest BCUT2D eigenvalue weighted by Gasteiger charge is 2.15. The van der Waals surface area contributed by atoms with Crippen LogP contribution in [0.15, 0.2) is 36.5 Å². The summed E-state index contributed by atoms with van der Waals surface area (Å²) in [5.74, 6) is 0. The maximum atomic E-state index is 6.42. The lowest BCUT2D eigenvalue weighted by molar-refractivity contribution is 0.584. The van der Waals surface area contributed by atoms with Gasteiger partial charge in [0.05, 0.1) is 0 Å². The molecule has 0 fully saturated rings. The number of hydrogen-bond acceptors (Lipinski definition) is 2. The van der Waals surface area contributed by atoms with Gasteiger partial charge in [0.15, 0.2) is 0 Å². The van der Waals surface area contributed by atoms with Gasteiger partial charge >= 0.3 is 0 Å². The molecule has 0 aliphatic rings. The fourth-order valence-corrected chi connectivity index (χ4v) is 2.56. The summed E-state index contributed by atoms with van der Waals surface area (Å²) in [5.41, 5.74) is 4.59. The lowest BCUT2D eigenvalue weighted by Gasteiger charge is -2.18. The number of pyridine rings is 1. The molecule has 106 valence electrons. The minimum Gasteiger partial charge on any atom is -0.313 e. The molecular formula is C17H21ClN2. The predicted octanol–water partition coefficient (Wildman–Crippen LogP) is 4.11. The van der Waals surface area contributed by atoms with Gasteiger partial charge in [0.25, 0.3) is 0 Å². The Kier molecular flexibility index (Phi) is 5.16. The number of likely N-dealkylation sites (N-methyl/N-ethyl adjacent to an activating group) is 1. The second kappa shape index (κ2) is 6.87. The van der Waals surface area contributed by atoms with Gasteiger partial charge < -0.3 is 5.32 Å². The highest BCUT2D eigenvalue weighted by molar-refractivity contribution is 6.32. The van der Waals surface area contributed by atoms with Gasteiger partial charge in [-0.15, -0.1) is 0 Å². The summed E-state index contributed by atoms with van der Waals surface area (Å²) in [6.45, 7) is 4.17. The fourth-order valence-electron chi connectivity index (χ4n) is 2.30. The van der Waals surface area contributed by atoms with E-state index in [1.807, 2.05) is 26.2 Å². The van der Waals surface area contributed by atoms with Crippen molar-refractivity contribution in [3.63, 3.8) is 0 Å². The van der Waals surface area contributed by atoms with Gasteiger partial charge in [-0.05, 0) is 43.1 Å². The molecule has 2 rings (SSSR count). The van der Waals surface area contributed by atoms with Crippen LogP contribution in [0.3, 0.4) is 0 Å². The third-order valence-electron chi connectivity index (χ3n) is 3.65. The molecule has 0 aliphatic carbocycles. The van der Waals surface area contributed by atoms with Crippen molar-refractivity contribution in [2.75, 3.05) is 7.05 Å². The Bertz CT molecular complexity index is 564. The minimum absolute atomic E-state index is 0.183. The van der Waals surface area contributed by atoms with Gasteiger partial charge in [-0.3, -0.25) is 4.98 Å². The van der Waals surface area contributed by atoms with E-state index in [4.69, 9.17) is 11.6 Å². The highest BCUT2D eigenvalue weighted by Crippen LogP contribution is 2.27. The Morgan fingerprint density at radius 2 is 2.05 bits per heavy atom. The van der Waals surface area contributed by atoms with E-state index in [2.05, 4.69) is 41.5 Å². The van der Waals surface area contributed by atoms with E-state index in [1.165, 1.54) is 5.56 Å². The molecule has 2 nitrogen and oxygen atoms in total. The van der Waals surface area contributed by atoms with Crippen molar-refractivity contribution in [2.45, 2.75) is 32.7 Å². The average Bonchev–Trinajstić information content (AvgIpc) is 2.48. The van der Waals surface area contributed by atoms with Crippen LogP contribution in [-0.2, 0) is 12.8 Å². The molecule has 3 heteroatoms. The number of nitrogens with zero attached hydrogens (tertiary/aromatic N) is 1. The lowest BCUT2D eigenvalue weighted by Crippen LogP contribution is -2.20. The van der Waals surface area contributed by atoms with Crippen molar-refractivity contribution in [1.29, 1.82) is 0 Å². The first kappa shape index (κ1) is 15.0. The number of rotatable bonds is 5. The maximum absolute atomic E-state index is 6.42. The molecule has 20 heavy (non-hydrogen) atoms. The Labute approximate surface area is 126 Å². The van der Waals surface area contributed by atoms with Crippen LogP contribution in [-0.4, -0.2) is 12.0 Å². The van der Waals surface area contributed by atoms with Gasteiger partial charge in [0.2, 0.25) is 0 Å². The Morgan fingerprint density at radius 1 is 1.25 bits per heavy atom. The quantitative estimate of drug-likeness (QED) is 0.896. The second-order valence-corrected chi connectivity index (χ2v) is 5.41. The van der Waals surface area contributed by atoms with E-state index in [-0.39, 0.29) is 6.04 Å². The normalized spacial score (nSPS) is 12.4. The Balaban J connectivity index is 2.21. The number of nitrogens with one attached hydrogen (secondary N) is 1. The van der Waals surface area contributed by atoms with Gasteiger partial charge in [0.1, 0.15) is 0 Å². The largest absolute Gasteiger partial charge is 0.313 e. The number of aryl methyl sites for hydroxylation is 2. The first-order valence-corrected chi connectivity index (χ1v) is 7.39. The van der Waals surface area contributed by atoms with Crippen molar-refractivity contribution in [2.24, 2.45) is 0 Å². The van der Waals surface area contributed by atoms with Crippen LogP contribution in [0.2, 0.25) is 5.02 Å². The summed E-state index contributed by atoms with van der Waals surface area (Å²) in [6.07, 6.45) is 3.82. The summed E-state index contributed by atoms with van der Waals surface area (Å²) >= 11 is 6.42. The van der Waals surface area contributed by atoms with E-state index in [0.29, 0.717) is 0 Å². The molecule has 2 aromatic rings. The maximum Gasteiger partial charge on any atom is 0.0483 e. The van der Waals surface area contributed by atoms with E-state index in [0.717, 1.165) is 34.7 Å². The number of benzene rings is 1. The molecule has 0 saturated heterocycles. The molecule has 1 unspecified atom stereocenters. The molecule has 0 aliphatic heterocycles. The van der Waals surface area contributed by atoms with Crippen molar-refractivity contribution in [3.05, 3.63) is 63.9 Å². The molecule has 0 saturated carbocycles. The van der Waals surface area contributed by atoms with Crippen LogP contribution >= 0.6 is 11.6 Å². The van der Waals surface area contributed by atoms with Crippen LogP contribution in [0, 0.1) is 6.92 Å². The molecule has 0 bridgehead atoms. The average molecular weight is 289 g/mol. The summed E-state index contributed by atoms with van der Waals surface area (Å²) in [7, 11) is 1.96. The Morgan fingerprint density at radius 3 is 2.65 bits per heavy atom. The molecule has 1 heterocycles. The molecule has 0 amide bonds. The SMILES string of the molecule is CCc1ccc(CC(NC)c2cccc(C)c2Cl)nc1. The topological polar surface area (TPSA) is 24.9 Å². The molecule has 0 radical (unpaired) electrons. The summed E-state index contributed by atoms with van der Waals surface area (Å²) in [4.78, 5) is 4.53. The van der Waals surface area contributed by atoms with Crippen LogP contribution in [0.25, 0.3) is 0 Å². The second-order valence-electron chi connectivity index (χ2n) is 5.03. The van der Waals surface area contributed by atoms with Crippen LogP contribution < -0.4 is 5.32 Å². The zero-order valence-electron chi connectivity index (χ0n) is 12.3. The third-order valence-corrected chi connectivity index (χ3v) is 4.17. The Hall–Kier alpha value is -1.38. The summed E-state index contributed by atoms with van der Waals surface area (Å²) in [5, 5.41) is 4.18. The lowest BCUT2D eigenvalue weighted by atomic mass is 9.99. The molecule has 1 aromatic heterocycles. The molecular weight excluding hydrogens is 268 g/mol. The molecule has 1 atom stereocenters. The van der Waals surface area contributed by atoms with Crippen LogP contribution in [0.5, 0.6) is 0 Å². The minimum atomic E-state index is 0.183. The van der Waals surface area contributed by atoms with E-state index in [9.17, 15) is 0 Å². The summed E-state index contributed by atoms with van der Waals surface area (Å²) in [6, 6.07) is 10.6. The van der Waals surface area contributed by atoms with Gasteiger partial charge in [-0.25, -0.2) is 0 Å². The van der Waals surface area contributed by atoms with E-state index < -0.39 is 0 Å². The predicted molar refractivity (Wildman–Crippen MR) is 85.3 cm³/mol. The first-order valence-electron chi connectivity index (χ1n) is 7.01. The van der Waals surface area contributed by atoms with Crippen LogP contribution in [0.1, 0.15) is 35.3 Å². The number of hydrogen-bond donors (Lipinski definition) is 1. The van der Waals surface area contributed by atoms with Gasteiger partial charge in [-0.2, -0.15) is 0 Å². The molecule has 1 N–H and O–H groups in total. The first-order chi connectivity index (χ1) is 9.65. The fraction of sp³-hybridized carbons (Fsp3) is 0.353. The number of aromatic nitrogens is 1. The monoisotopic (exact) mass is 288 g/mol. The van der Waals surface area contributed by atoms with Gasteiger partial charge in [-0.1, -0.05) is 42.8 Å². The van der Waals surface area contributed by atoms with E-state index >= 15 is 0 Å². The van der Waals surface area contributed by atoms with Crippen molar-refractivity contribution >= 4 is 11.6 Å². The third kappa shape index (κ3) is 3.38. The zero-order chi connectivity index (χ0) is 14.5. The molecule has 0 spiro atoms. The molecule has 1 aromatic carbocycles.